The summed E-state index contributed by atoms with van der Waals surface area (Å²) < 4.78 is 0. The van der Waals surface area contributed by atoms with Crippen LogP contribution in [0, 0.1) is 0 Å². The Bertz CT molecular complexity index is 600. The number of anilines is 4. The van der Waals surface area contributed by atoms with Gasteiger partial charge in [-0.25, -0.2) is 11.7 Å². The number of benzene rings is 2. The van der Waals surface area contributed by atoms with Gasteiger partial charge in [0.1, 0.15) is 45.7 Å². The van der Waals surface area contributed by atoms with E-state index in [2.05, 4.69) is 0 Å². The lowest BCUT2D eigenvalue weighted by Crippen LogP contribution is -2.37. The summed E-state index contributed by atoms with van der Waals surface area (Å²) in [6.45, 7) is 0. The van der Waals surface area contributed by atoms with Crippen LogP contribution < -0.4 is 21.7 Å². The maximum atomic E-state index is 9.90. The summed E-state index contributed by atoms with van der Waals surface area (Å²) in [6.07, 6.45) is 0. The zero-order chi connectivity index (χ0) is 14.6. The minimum Gasteiger partial charge on any atom is -0.506 e. The van der Waals surface area contributed by atoms with Gasteiger partial charge in [-0.3, -0.25) is 10.0 Å². The molecule has 0 saturated heterocycles. The van der Waals surface area contributed by atoms with E-state index in [0.29, 0.717) is 0 Å². The van der Waals surface area contributed by atoms with E-state index in [9.17, 15) is 20.4 Å². The molecule has 0 bridgehead atoms. The minimum atomic E-state index is -0.232. The third-order valence-corrected chi connectivity index (χ3v) is 3.18. The molecule has 2 aromatic rings. The van der Waals surface area contributed by atoms with Crippen molar-refractivity contribution in [1.29, 1.82) is 0 Å². The van der Waals surface area contributed by atoms with Gasteiger partial charge in [0.15, 0.2) is 0 Å². The molecule has 104 valence electrons. The van der Waals surface area contributed by atoms with Crippen LogP contribution in [0.3, 0.4) is 0 Å². The number of hydrazine groups is 2. The van der Waals surface area contributed by atoms with Gasteiger partial charge in [0.25, 0.3) is 0 Å². The quantitative estimate of drug-likeness (QED) is 0.307. The highest BCUT2D eigenvalue weighted by Crippen LogP contribution is 2.57. The average molecular weight is 276 g/mol. The van der Waals surface area contributed by atoms with E-state index >= 15 is 0 Å². The van der Waals surface area contributed by atoms with Gasteiger partial charge in [0.2, 0.25) is 0 Å². The van der Waals surface area contributed by atoms with Gasteiger partial charge in [0, 0.05) is 0 Å². The van der Waals surface area contributed by atoms with E-state index in [-0.39, 0.29) is 45.7 Å². The first kappa shape index (κ1) is 12.2. The standard InChI is InChI=1S/C12H12N4O4/c13-15-9-5(17)1-2-6(18)10(9)16(14)12-8(20)4-3-7(19)11(12)15/h1-4,17-20H,13-14H2. The first-order valence-corrected chi connectivity index (χ1v) is 5.63. The Hall–Kier alpha value is -2.84. The molecule has 0 spiro atoms. The van der Waals surface area contributed by atoms with Gasteiger partial charge in [-0.15, -0.1) is 0 Å². The molecule has 20 heavy (non-hydrogen) atoms. The molecular weight excluding hydrogens is 264 g/mol. The van der Waals surface area contributed by atoms with Gasteiger partial charge >= 0.3 is 0 Å². The first-order valence-electron chi connectivity index (χ1n) is 5.63. The number of fused-ring (bicyclic) bond motifs is 2. The van der Waals surface area contributed by atoms with Crippen molar-refractivity contribution < 1.29 is 20.4 Å². The zero-order valence-corrected chi connectivity index (χ0v) is 10.1. The Morgan fingerprint density at radius 2 is 0.750 bits per heavy atom. The summed E-state index contributed by atoms with van der Waals surface area (Å²) in [5, 5.41) is 41.5. The van der Waals surface area contributed by atoms with Crippen LogP contribution in [0.1, 0.15) is 0 Å². The van der Waals surface area contributed by atoms with Gasteiger partial charge in [-0.05, 0) is 24.3 Å². The molecule has 8 nitrogen and oxygen atoms in total. The van der Waals surface area contributed by atoms with Crippen molar-refractivity contribution in [1.82, 2.24) is 0 Å². The lowest BCUT2D eigenvalue weighted by molar-refractivity contribution is 0.452. The largest absolute Gasteiger partial charge is 0.506 e. The third-order valence-electron chi connectivity index (χ3n) is 3.18. The van der Waals surface area contributed by atoms with Crippen LogP contribution in [0.5, 0.6) is 23.0 Å². The summed E-state index contributed by atoms with van der Waals surface area (Å²) in [5.41, 5.74) is 0.0589. The smallest absolute Gasteiger partial charge is 0.143 e. The Morgan fingerprint density at radius 3 is 0.950 bits per heavy atom. The molecular formula is C12H12N4O4. The third kappa shape index (κ3) is 1.37. The molecule has 8 heteroatoms. The lowest BCUT2D eigenvalue weighted by atomic mass is 10.1. The summed E-state index contributed by atoms with van der Waals surface area (Å²) in [5.74, 6) is 10.8. The van der Waals surface area contributed by atoms with Crippen LogP contribution in [0.15, 0.2) is 24.3 Å². The molecule has 0 amide bonds. The number of nitrogens with zero attached hydrogens (tertiary/aromatic N) is 2. The molecule has 1 aliphatic heterocycles. The monoisotopic (exact) mass is 276 g/mol. The highest BCUT2D eigenvalue weighted by Gasteiger charge is 2.34. The molecule has 0 aliphatic carbocycles. The van der Waals surface area contributed by atoms with Gasteiger partial charge in [-0.1, -0.05) is 0 Å². The fourth-order valence-electron chi connectivity index (χ4n) is 2.29. The Labute approximate surface area is 113 Å². The molecule has 1 heterocycles. The lowest BCUT2D eigenvalue weighted by Gasteiger charge is -2.36. The highest BCUT2D eigenvalue weighted by molar-refractivity contribution is 6.00. The Kier molecular flexibility index (Phi) is 2.33. The van der Waals surface area contributed by atoms with E-state index in [1.165, 1.54) is 24.3 Å². The fourth-order valence-corrected chi connectivity index (χ4v) is 2.29. The molecule has 1 aliphatic rings. The number of phenols is 4. The minimum absolute atomic E-state index is 0.0147. The molecule has 8 N–H and O–H groups in total. The summed E-state index contributed by atoms with van der Waals surface area (Å²) >= 11 is 0. The van der Waals surface area contributed by atoms with Crippen LogP contribution in [0.4, 0.5) is 22.7 Å². The molecule has 0 unspecified atom stereocenters. The summed E-state index contributed by atoms with van der Waals surface area (Å²) in [6, 6.07) is 4.97. The molecule has 3 rings (SSSR count). The second-order valence-corrected chi connectivity index (χ2v) is 4.34. The SMILES string of the molecule is NN1c2c(O)ccc(O)c2N(N)c2c(O)ccc(O)c21. The van der Waals surface area contributed by atoms with Gasteiger partial charge < -0.3 is 20.4 Å². The number of nitrogens with two attached hydrogens (primary N) is 2. The van der Waals surface area contributed by atoms with Crippen molar-refractivity contribution >= 4 is 22.7 Å². The van der Waals surface area contributed by atoms with Crippen LogP contribution in [-0.2, 0) is 0 Å². The Morgan fingerprint density at radius 1 is 0.550 bits per heavy atom. The topological polar surface area (TPSA) is 139 Å². The van der Waals surface area contributed by atoms with Crippen LogP contribution in [0.2, 0.25) is 0 Å². The van der Waals surface area contributed by atoms with E-state index in [4.69, 9.17) is 11.7 Å². The van der Waals surface area contributed by atoms with Crippen molar-refractivity contribution in [2.75, 3.05) is 10.0 Å². The van der Waals surface area contributed by atoms with Crippen molar-refractivity contribution in [2.24, 2.45) is 11.7 Å². The maximum absolute atomic E-state index is 9.90. The van der Waals surface area contributed by atoms with Crippen molar-refractivity contribution in [3.8, 4) is 23.0 Å². The Balaban J connectivity index is 2.39. The van der Waals surface area contributed by atoms with Crippen molar-refractivity contribution in [2.45, 2.75) is 0 Å². The van der Waals surface area contributed by atoms with Crippen LogP contribution in [-0.4, -0.2) is 20.4 Å². The van der Waals surface area contributed by atoms with Crippen LogP contribution in [0.25, 0.3) is 0 Å². The number of hydrogen-bond acceptors (Lipinski definition) is 8. The van der Waals surface area contributed by atoms with E-state index in [0.717, 1.165) is 10.0 Å². The fraction of sp³-hybridized carbons (Fsp3) is 0. The van der Waals surface area contributed by atoms with E-state index < -0.39 is 0 Å². The zero-order valence-electron chi connectivity index (χ0n) is 10.1. The average Bonchev–Trinajstić information content (AvgIpc) is 2.41. The first-order chi connectivity index (χ1) is 9.43. The molecule has 2 aromatic carbocycles. The predicted octanol–water partition coefficient (Wildman–Crippen LogP) is 0.846. The van der Waals surface area contributed by atoms with Crippen molar-refractivity contribution in [3.05, 3.63) is 24.3 Å². The number of aromatic hydroxyl groups is 4. The number of hydrogen-bond donors (Lipinski definition) is 6. The molecule has 0 aromatic heterocycles. The summed E-state index contributed by atoms with van der Waals surface area (Å²) in [4.78, 5) is 0. The second-order valence-electron chi connectivity index (χ2n) is 4.34. The number of rotatable bonds is 0. The van der Waals surface area contributed by atoms with Crippen molar-refractivity contribution in [3.63, 3.8) is 0 Å². The molecule has 0 fully saturated rings. The normalized spacial score (nSPS) is 13.1. The molecule has 0 atom stereocenters. The van der Waals surface area contributed by atoms with Gasteiger partial charge in [-0.2, -0.15) is 0 Å². The van der Waals surface area contributed by atoms with E-state index in [1.54, 1.807) is 0 Å². The second kappa shape index (κ2) is 3.83. The van der Waals surface area contributed by atoms with Gasteiger partial charge in [0.05, 0.1) is 0 Å². The maximum Gasteiger partial charge on any atom is 0.143 e. The van der Waals surface area contributed by atoms with E-state index in [1.807, 2.05) is 0 Å². The summed E-state index contributed by atoms with van der Waals surface area (Å²) in [7, 11) is 0. The highest BCUT2D eigenvalue weighted by atomic mass is 16.3. The van der Waals surface area contributed by atoms with Crippen LogP contribution >= 0.6 is 0 Å². The molecule has 0 saturated carbocycles. The molecule has 0 radical (unpaired) electrons. The number of phenolic OH excluding ortho intramolecular Hbond substituents is 4. The predicted molar refractivity (Wildman–Crippen MR) is 72.2 cm³/mol.